The van der Waals surface area contributed by atoms with Crippen LogP contribution in [0.2, 0.25) is 0 Å². The molecule has 2 aromatic rings. The molecule has 12 nitrogen and oxygen atoms in total. The SMILES string of the molecule is CC(C)COC(=O)N[C@H](C(=O)N1C[C@H](OCc2ccccc2)C[C@H]1C(=O)N[C@@H](CC(F)(F)F)C(=O)NCCc1c(F)cc(C(=O)O)cc1F)C(C)C. The number of carboxylic acid groups (broad SMARTS) is 1. The number of carbonyl (C=O) groups excluding carboxylic acids is 4. The van der Waals surface area contributed by atoms with Gasteiger partial charge < -0.3 is 35.4 Å². The van der Waals surface area contributed by atoms with E-state index in [4.69, 9.17) is 14.6 Å². The Morgan fingerprint density at radius 2 is 1.62 bits per heavy atom. The van der Waals surface area contributed by atoms with Crippen LogP contribution in [0.3, 0.4) is 0 Å². The smallest absolute Gasteiger partial charge is 0.407 e. The molecule has 4 amide bonds. The topological polar surface area (TPSA) is 163 Å². The average molecular weight is 743 g/mol. The van der Waals surface area contributed by atoms with Gasteiger partial charge in [-0.2, -0.15) is 13.2 Å². The van der Waals surface area contributed by atoms with E-state index >= 15 is 0 Å². The standard InChI is InChI=1S/C35H43F5N4O8/c1-19(2)17-52-34(50)43-29(20(3)4)32(47)44-16-23(51-18-21-8-6-5-7-9-21)14-28(44)31(46)42-27(15-35(38,39)40)30(45)41-11-10-24-25(36)12-22(33(48)49)13-26(24)37/h5-9,12-13,19-20,23,27-29H,10-11,14-18H2,1-4H3,(H,41,45)(H,42,46)(H,43,50)(H,48,49)/t23-,27+,28+,29+/m1/s1. The van der Waals surface area contributed by atoms with Crippen molar-refractivity contribution in [2.24, 2.45) is 11.8 Å². The van der Waals surface area contributed by atoms with E-state index in [9.17, 15) is 45.9 Å². The number of hydrogen-bond acceptors (Lipinski definition) is 7. The van der Waals surface area contributed by atoms with Gasteiger partial charge in [-0.1, -0.05) is 58.0 Å². The lowest BCUT2D eigenvalue weighted by molar-refractivity contribution is -0.153. The van der Waals surface area contributed by atoms with Crippen LogP contribution >= 0.6 is 0 Å². The van der Waals surface area contributed by atoms with E-state index in [1.165, 1.54) is 0 Å². The number of aromatic carboxylic acids is 1. The third kappa shape index (κ3) is 12.5. The van der Waals surface area contributed by atoms with Crippen molar-refractivity contribution in [2.45, 2.75) is 84.0 Å². The molecule has 1 heterocycles. The average Bonchev–Trinajstić information content (AvgIpc) is 3.50. The van der Waals surface area contributed by atoms with E-state index < -0.39 is 108 Å². The molecule has 1 saturated heterocycles. The number of alkyl halides is 3. The van der Waals surface area contributed by atoms with Gasteiger partial charge in [-0.15, -0.1) is 0 Å². The molecule has 1 aliphatic heterocycles. The van der Waals surface area contributed by atoms with Gasteiger partial charge in [0.25, 0.3) is 0 Å². The van der Waals surface area contributed by atoms with Crippen LogP contribution in [0.15, 0.2) is 42.5 Å². The first-order chi connectivity index (χ1) is 24.4. The van der Waals surface area contributed by atoms with Crippen molar-refractivity contribution in [3.05, 3.63) is 70.8 Å². The molecule has 0 bridgehead atoms. The normalized spacial score (nSPS) is 17.1. The van der Waals surface area contributed by atoms with Gasteiger partial charge >= 0.3 is 18.2 Å². The molecule has 1 aliphatic rings. The molecular weight excluding hydrogens is 699 g/mol. The van der Waals surface area contributed by atoms with Crippen molar-refractivity contribution in [1.82, 2.24) is 20.9 Å². The number of rotatable bonds is 16. The zero-order valence-corrected chi connectivity index (χ0v) is 29.1. The van der Waals surface area contributed by atoms with Gasteiger partial charge in [0.1, 0.15) is 29.8 Å². The molecule has 1 fully saturated rings. The molecule has 0 aromatic heterocycles. The Kier molecular flexibility index (Phi) is 14.9. The second-order valence-electron chi connectivity index (χ2n) is 13.2. The van der Waals surface area contributed by atoms with E-state index in [-0.39, 0.29) is 32.1 Å². The number of carboxylic acids is 1. The first kappa shape index (κ1) is 41.6. The maximum Gasteiger partial charge on any atom is 0.407 e. The lowest BCUT2D eigenvalue weighted by Crippen LogP contribution is -2.57. The summed E-state index contributed by atoms with van der Waals surface area (Å²) in [5.41, 5.74) is -0.489. The molecule has 0 radical (unpaired) electrons. The summed E-state index contributed by atoms with van der Waals surface area (Å²) < 4.78 is 80.7. The third-order valence-electron chi connectivity index (χ3n) is 8.06. The van der Waals surface area contributed by atoms with Crippen molar-refractivity contribution in [2.75, 3.05) is 19.7 Å². The number of nitrogens with zero attached hydrogens (tertiary/aromatic N) is 1. The molecule has 0 aliphatic carbocycles. The van der Waals surface area contributed by atoms with Crippen molar-refractivity contribution in [1.29, 1.82) is 0 Å². The van der Waals surface area contributed by atoms with E-state index in [0.717, 1.165) is 10.5 Å². The summed E-state index contributed by atoms with van der Waals surface area (Å²) in [5.74, 6) is -7.70. The van der Waals surface area contributed by atoms with E-state index in [2.05, 4.69) is 16.0 Å². The second kappa shape index (κ2) is 18.6. The van der Waals surface area contributed by atoms with Crippen molar-refractivity contribution in [3.63, 3.8) is 0 Å². The number of hydrogen-bond donors (Lipinski definition) is 4. The van der Waals surface area contributed by atoms with Crippen LogP contribution in [0.25, 0.3) is 0 Å². The minimum atomic E-state index is -4.95. The van der Waals surface area contributed by atoms with Gasteiger partial charge in [-0.25, -0.2) is 18.4 Å². The summed E-state index contributed by atoms with van der Waals surface area (Å²) in [6.45, 7) is 6.34. The Hall–Kier alpha value is -4.80. The lowest BCUT2D eigenvalue weighted by atomic mass is 10.0. The predicted molar refractivity (Wildman–Crippen MR) is 176 cm³/mol. The van der Waals surface area contributed by atoms with Gasteiger partial charge in [0.2, 0.25) is 17.7 Å². The maximum atomic E-state index is 14.4. The Balaban J connectivity index is 1.80. The number of ether oxygens (including phenoxy) is 2. The number of likely N-dealkylation sites (tertiary alicyclic amines) is 1. The van der Waals surface area contributed by atoms with Crippen LogP contribution in [0.1, 0.15) is 62.0 Å². The molecule has 4 atom stereocenters. The van der Waals surface area contributed by atoms with Crippen molar-refractivity contribution < 1.29 is 60.5 Å². The fourth-order valence-electron chi connectivity index (χ4n) is 5.41. The Bertz CT molecular complexity index is 1550. The molecule has 0 saturated carbocycles. The predicted octanol–water partition coefficient (Wildman–Crippen LogP) is 4.35. The van der Waals surface area contributed by atoms with Crippen LogP contribution < -0.4 is 16.0 Å². The molecule has 3 rings (SSSR count). The number of amides is 4. The Labute approximate surface area is 297 Å². The highest BCUT2D eigenvalue weighted by Crippen LogP contribution is 2.26. The van der Waals surface area contributed by atoms with Gasteiger partial charge in [-0.05, 0) is 36.0 Å². The molecule has 17 heteroatoms. The zero-order valence-electron chi connectivity index (χ0n) is 29.1. The molecule has 286 valence electrons. The van der Waals surface area contributed by atoms with Gasteiger partial charge in [0, 0.05) is 25.1 Å². The molecule has 0 spiro atoms. The van der Waals surface area contributed by atoms with E-state index in [1.54, 1.807) is 44.2 Å². The minimum absolute atomic E-state index is 0.00248. The zero-order chi connectivity index (χ0) is 38.7. The maximum absolute atomic E-state index is 14.4. The summed E-state index contributed by atoms with van der Waals surface area (Å²) >= 11 is 0. The fraction of sp³-hybridized carbons (Fsp3) is 0.514. The molecule has 0 unspecified atom stereocenters. The van der Waals surface area contributed by atoms with E-state index in [0.29, 0.717) is 12.1 Å². The summed E-state index contributed by atoms with van der Waals surface area (Å²) in [5, 5.41) is 15.7. The summed E-state index contributed by atoms with van der Waals surface area (Å²) in [6, 6.07) is 5.26. The number of alkyl carbamates (subject to hydrolysis) is 1. The van der Waals surface area contributed by atoms with Gasteiger partial charge in [-0.3, -0.25) is 14.4 Å². The quantitative estimate of drug-likeness (QED) is 0.185. The van der Waals surface area contributed by atoms with Crippen molar-refractivity contribution >= 4 is 29.8 Å². The highest BCUT2D eigenvalue weighted by molar-refractivity contribution is 5.94. The van der Waals surface area contributed by atoms with Crippen LogP contribution in [0, 0.1) is 23.5 Å². The first-order valence-electron chi connectivity index (χ1n) is 16.6. The van der Waals surface area contributed by atoms with Crippen LogP contribution in [0.5, 0.6) is 0 Å². The van der Waals surface area contributed by atoms with Gasteiger partial charge in [0.15, 0.2) is 0 Å². The molecule has 52 heavy (non-hydrogen) atoms. The summed E-state index contributed by atoms with van der Waals surface area (Å²) in [7, 11) is 0. The monoisotopic (exact) mass is 742 g/mol. The highest BCUT2D eigenvalue weighted by Gasteiger charge is 2.45. The number of nitrogens with one attached hydrogen (secondary N) is 3. The number of carbonyl (C=O) groups is 5. The van der Waals surface area contributed by atoms with Crippen LogP contribution in [-0.4, -0.2) is 89.9 Å². The summed E-state index contributed by atoms with van der Waals surface area (Å²) in [4.78, 5) is 65.2. The third-order valence-corrected chi connectivity index (χ3v) is 8.06. The fourth-order valence-corrected chi connectivity index (χ4v) is 5.41. The highest BCUT2D eigenvalue weighted by atomic mass is 19.4. The van der Waals surface area contributed by atoms with Crippen LogP contribution in [-0.2, 0) is 36.9 Å². The Morgan fingerprint density at radius 3 is 2.17 bits per heavy atom. The summed E-state index contributed by atoms with van der Waals surface area (Å²) in [6.07, 6.45) is -9.10. The lowest BCUT2D eigenvalue weighted by Gasteiger charge is -2.31. The second-order valence-corrected chi connectivity index (χ2v) is 13.2. The molecular formula is C35H43F5N4O8. The molecule has 4 N–H and O–H groups in total. The van der Waals surface area contributed by atoms with Crippen molar-refractivity contribution in [3.8, 4) is 0 Å². The Morgan fingerprint density at radius 1 is 0.981 bits per heavy atom. The number of benzene rings is 2. The van der Waals surface area contributed by atoms with Crippen LogP contribution in [0.4, 0.5) is 26.7 Å². The van der Waals surface area contributed by atoms with E-state index in [1.807, 2.05) is 13.8 Å². The largest absolute Gasteiger partial charge is 0.478 e. The number of halogens is 5. The van der Waals surface area contributed by atoms with Gasteiger partial charge in [0.05, 0.1) is 31.3 Å². The molecule has 2 aromatic carbocycles. The first-order valence-corrected chi connectivity index (χ1v) is 16.6. The minimum Gasteiger partial charge on any atom is -0.478 e.